The van der Waals surface area contributed by atoms with Crippen LogP contribution in [0.25, 0.3) is 0 Å². The summed E-state index contributed by atoms with van der Waals surface area (Å²) in [5.74, 6) is 0.771. The molecule has 0 N–H and O–H groups in total. The Balaban J connectivity index is 0.00000112. The van der Waals surface area contributed by atoms with Crippen molar-refractivity contribution >= 4 is 24.0 Å². The van der Waals surface area contributed by atoms with Gasteiger partial charge in [0.2, 0.25) is 0 Å². The third-order valence-electron chi connectivity index (χ3n) is 2.91. The van der Waals surface area contributed by atoms with Crippen molar-refractivity contribution in [2.45, 2.75) is 25.4 Å². The molecule has 0 amide bonds. The van der Waals surface area contributed by atoms with Crippen LogP contribution in [0.1, 0.15) is 18.4 Å². The molecular weight excluding hydrogens is 229 g/mol. The number of halogens is 2. The highest BCUT2D eigenvalue weighted by Gasteiger charge is 2.22. The first kappa shape index (κ1) is 12.8. The molecule has 1 nitrogen and oxygen atoms in total. The van der Waals surface area contributed by atoms with E-state index in [9.17, 15) is 0 Å². The van der Waals surface area contributed by atoms with E-state index >= 15 is 0 Å². The summed E-state index contributed by atoms with van der Waals surface area (Å²) < 4.78 is 0. The Bertz CT molecular complexity index is 276. The fourth-order valence-electron chi connectivity index (χ4n) is 2.10. The van der Waals surface area contributed by atoms with Gasteiger partial charge in [-0.25, -0.2) is 0 Å². The van der Waals surface area contributed by atoms with Gasteiger partial charge in [0.25, 0.3) is 0 Å². The Hall–Kier alpha value is -0.240. The van der Waals surface area contributed by atoms with Gasteiger partial charge in [-0.3, -0.25) is 4.90 Å². The van der Waals surface area contributed by atoms with Crippen molar-refractivity contribution in [3.63, 3.8) is 0 Å². The summed E-state index contributed by atoms with van der Waals surface area (Å²) >= 11 is 5.93. The quantitative estimate of drug-likeness (QED) is 0.739. The zero-order valence-electron chi connectivity index (χ0n) is 8.73. The SMILES string of the molecule is Cl.ClC[C@H]1CCCN1Cc1ccccc1. The van der Waals surface area contributed by atoms with Crippen LogP contribution < -0.4 is 0 Å². The van der Waals surface area contributed by atoms with Crippen LogP contribution in [0.15, 0.2) is 30.3 Å². The Kier molecular flexibility index (Phi) is 5.44. The normalized spacial score (nSPS) is 21.3. The highest BCUT2D eigenvalue weighted by atomic mass is 35.5. The molecule has 0 saturated carbocycles. The van der Waals surface area contributed by atoms with Crippen molar-refractivity contribution < 1.29 is 0 Å². The maximum atomic E-state index is 5.93. The largest absolute Gasteiger partial charge is 0.295 e. The number of alkyl halides is 1. The number of hydrogen-bond acceptors (Lipinski definition) is 1. The van der Waals surface area contributed by atoms with Gasteiger partial charge in [-0.1, -0.05) is 30.3 Å². The average molecular weight is 246 g/mol. The lowest BCUT2D eigenvalue weighted by Crippen LogP contribution is -2.30. The zero-order chi connectivity index (χ0) is 9.80. The lowest BCUT2D eigenvalue weighted by atomic mass is 10.2. The summed E-state index contributed by atoms with van der Waals surface area (Å²) in [4.78, 5) is 2.49. The summed E-state index contributed by atoms with van der Waals surface area (Å²) in [5.41, 5.74) is 1.39. The molecule has 1 atom stereocenters. The Labute approximate surface area is 103 Å². The molecule has 3 heteroatoms. The van der Waals surface area contributed by atoms with Gasteiger partial charge in [0.1, 0.15) is 0 Å². The van der Waals surface area contributed by atoms with Gasteiger partial charge in [-0.2, -0.15) is 0 Å². The molecule has 0 aromatic heterocycles. The number of benzene rings is 1. The monoisotopic (exact) mass is 245 g/mol. The lowest BCUT2D eigenvalue weighted by Gasteiger charge is -2.22. The third-order valence-corrected chi connectivity index (χ3v) is 3.26. The molecule has 1 aliphatic heterocycles. The first-order chi connectivity index (χ1) is 6.90. The molecule has 2 rings (SSSR count). The van der Waals surface area contributed by atoms with Gasteiger partial charge in [-0.05, 0) is 24.9 Å². The van der Waals surface area contributed by atoms with Crippen molar-refractivity contribution in [1.29, 1.82) is 0 Å². The van der Waals surface area contributed by atoms with Crippen molar-refractivity contribution in [2.24, 2.45) is 0 Å². The van der Waals surface area contributed by atoms with Crippen LogP contribution in [0.3, 0.4) is 0 Å². The first-order valence-electron chi connectivity index (χ1n) is 5.24. The van der Waals surface area contributed by atoms with Gasteiger partial charge >= 0.3 is 0 Å². The molecule has 0 bridgehead atoms. The van der Waals surface area contributed by atoms with Crippen LogP contribution in [0.5, 0.6) is 0 Å². The molecule has 1 fully saturated rings. The van der Waals surface area contributed by atoms with E-state index in [0.717, 1.165) is 12.4 Å². The number of hydrogen-bond donors (Lipinski definition) is 0. The Morgan fingerprint density at radius 1 is 1.27 bits per heavy atom. The Morgan fingerprint density at radius 3 is 2.67 bits per heavy atom. The first-order valence-corrected chi connectivity index (χ1v) is 5.77. The highest BCUT2D eigenvalue weighted by Crippen LogP contribution is 2.20. The minimum Gasteiger partial charge on any atom is -0.295 e. The van der Waals surface area contributed by atoms with E-state index in [1.165, 1.54) is 24.9 Å². The van der Waals surface area contributed by atoms with Crippen LogP contribution in [-0.4, -0.2) is 23.4 Å². The molecule has 84 valence electrons. The third kappa shape index (κ3) is 3.37. The number of nitrogens with zero attached hydrogens (tertiary/aromatic N) is 1. The molecule has 0 spiro atoms. The summed E-state index contributed by atoms with van der Waals surface area (Å²) in [6, 6.07) is 11.2. The average Bonchev–Trinajstić information content (AvgIpc) is 2.67. The minimum absolute atomic E-state index is 0. The minimum atomic E-state index is 0. The molecule has 1 saturated heterocycles. The van der Waals surface area contributed by atoms with Crippen LogP contribution in [0.4, 0.5) is 0 Å². The van der Waals surface area contributed by atoms with Crippen molar-refractivity contribution in [2.75, 3.05) is 12.4 Å². The van der Waals surface area contributed by atoms with E-state index in [4.69, 9.17) is 11.6 Å². The molecule has 1 aromatic carbocycles. The molecule has 0 radical (unpaired) electrons. The van der Waals surface area contributed by atoms with Crippen LogP contribution in [-0.2, 0) is 6.54 Å². The molecule has 1 aromatic rings. The molecule has 1 heterocycles. The maximum Gasteiger partial charge on any atom is 0.0379 e. The van der Waals surface area contributed by atoms with Crippen molar-refractivity contribution in [3.05, 3.63) is 35.9 Å². The molecule has 0 aliphatic carbocycles. The summed E-state index contributed by atoms with van der Waals surface area (Å²) in [7, 11) is 0. The second-order valence-electron chi connectivity index (χ2n) is 3.91. The van der Waals surface area contributed by atoms with Crippen molar-refractivity contribution in [1.82, 2.24) is 4.90 Å². The summed E-state index contributed by atoms with van der Waals surface area (Å²) in [6.07, 6.45) is 2.56. The predicted molar refractivity (Wildman–Crippen MR) is 67.8 cm³/mol. The highest BCUT2D eigenvalue weighted by molar-refractivity contribution is 6.18. The second-order valence-corrected chi connectivity index (χ2v) is 4.22. The van der Waals surface area contributed by atoms with Crippen LogP contribution in [0, 0.1) is 0 Å². The summed E-state index contributed by atoms with van der Waals surface area (Å²) in [6.45, 7) is 2.25. The van der Waals surface area contributed by atoms with E-state index < -0.39 is 0 Å². The van der Waals surface area contributed by atoms with E-state index in [1.54, 1.807) is 0 Å². The van der Waals surface area contributed by atoms with Gasteiger partial charge in [-0.15, -0.1) is 24.0 Å². The molecule has 1 aliphatic rings. The van der Waals surface area contributed by atoms with Gasteiger partial charge in [0, 0.05) is 18.5 Å². The smallest absolute Gasteiger partial charge is 0.0379 e. The number of likely N-dealkylation sites (tertiary alicyclic amines) is 1. The van der Waals surface area contributed by atoms with E-state index in [2.05, 4.69) is 35.2 Å². The van der Waals surface area contributed by atoms with Gasteiger partial charge < -0.3 is 0 Å². The second kappa shape index (κ2) is 6.37. The van der Waals surface area contributed by atoms with Gasteiger partial charge in [0.05, 0.1) is 0 Å². The standard InChI is InChI=1S/C12H16ClN.ClH/c13-9-12-7-4-8-14(12)10-11-5-2-1-3-6-11;/h1-3,5-6,12H,4,7-10H2;1H/t12-;/m1./s1. The van der Waals surface area contributed by atoms with E-state index in [1.807, 2.05) is 0 Å². The van der Waals surface area contributed by atoms with Crippen LogP contribution >= 0.6 is 24.0 Å². The maximum absolute atomic E-state index is 5.93. The fourth-order valence-corrected chi connectivity index (χ4v) is 2.45. The van der Waals surface area contributed by atoms with E-state index in [-0.39, 0.29) is 12.4 Å². The van der Waals surface area contributed by atoms with Crippen molar-refractivity contribution in [3.8, 4) is 0 Å². The topological polar surface area (TPSA) is 3.24 Å². The summed E-state index contributed by atoms with van der Waals surface area (Å²) in [5, 5.41) is 0. The Morgan fingerprint density at radius 2 is 2.00 bits per heavy atom. The fraction of sp³-hybridized carbons (Fsp3) is 0.500. The molecular formula is C12H17Cl2N. The van der Waals surface area contributed by atoms with Crippen LogP contribution in [0.2, 0.25) is 0 Å². The number of rotatable bonds is 3. The van der Waals surface area contributed by atoms with E-state index in [0.29, 0.717) is 6.04 Å². The zero-order valence-corrected chi connectivity index (χ0v) is 10.3. The predicted octanol–water partition coefficient (Wildman–Crippen LogP) is 3.31. The van der Waals surface area contributed by atoms with Gasteiger partial charge in [0.15, 0.2) is 0 Å². The lowest BCUT2D eigenvalue weighted by molar-refractivity contribution is 0.263. The molecule has 0 unspecified atom stereocenters. The molecule has 15 heavy (non-hydrogen) atoms.